The summed E-state index contributed by atoms with van der Waals surface area (Å²) < 4.78 is 0. The van der Waals surface area contributed by atoms with Gasteiger partial charge in [0.1, 0.15) is 5.75 Å². The van der Waals surface area contributed by atoms with Crippen LogP contribution in [-0.4, -0.2) is 5.11 Å². The second-order valence-corrected chi connectivity index (χ2v) is 5.01. The molecule has 0 amide bonds. The van der Waals surface area contributed by atoms with Crippen molar-refractivity contribution in [1.29, 1.82) is 5.26 Å². The molecule has 0 atom stereocenters. The second-order valence-electron chi connectivity index (χ2n) is 3.89. The van der Waals surface area contributed by atoms with Crippen LogP contribution in [0.1, 0.15) is 18.1 Å². The molecule has 0 aliphatic heterocycles. The van der Waals surface area contributed by atoms with E-state index in [4.69, 9.17) is 5.26 Å². The third kappa shape index (κ3) is 2.85. The molecule has 0 saturated heterocycles. The predicted octanol–water partition coefficient (Wildman–Crippen LogP) is 3.98. The second kappa shape index (κ2) is 5.61. The standard InChI is InChI=1S/C15H13NOS/c1-2-11-5-8-15(14(17)9-11)18-13-6-3-12(10-16)4-7-13/h3-9,17H,2H2,1H3. The van der Waals surface area contributed by atoms with E-state index in [-0.39, 0.29) is 0 Å². The zero-order chi connectivity index (χ0) is 13.0. The van der Waals surface area contributed by atoms with Gasteiger partial charge in [-0.15, -0.1) is 0 Å². The molecular weight excluding hydrogens is 242 g/mol. The fourth-order valence-corrected chi connectivity index (χ4v) is 2.42. The number of benzene rings is 2. The summed E-state index contributed by atoms with van der Waals surface area (Å²) in [4.78, 5) is 1.84. The van der Waals surface area contributed by atoms with Crippen LogP contribution in [-0.2, 0) is 6.42 Å². The summed E-state index contributed by atoms with van der Waals surface area (Å²) in [6.45, 7) is 2.06. The van der Waals surface area contributed by atoms with Gasteiger partial charge in [0.25, 0.3) is 0 Å². The van der Waals surface area contributed by atoms with Gasteiger partial charge >= 0.3 is 0 Å². The molecule has 2 rings (SSSR count). The number of nitrogens with zero attached hydrogens (tertiary/aromatic N) is 1. The quantitative estimate of drug-likeness (QED) is 0.902. The highest BCUT2D eigenvalue weighted by atomic mass is 32.2. The van der Waals surface area contributed by atoms with E-state index >= 15 is 0 Å². The van der Waals surface area contributed by atoms with Crippen LogP contribution in [0.2, 0.25) is 0 Å². The first-order chi connectivity index (χ1) is 8.72. The summed E-state index contributed by atoms with van der Waals surface area (Å²) in [5.41, 5.74) is 1.77. The van der Waals surface area contributed by atoms with Crippen molar-refractivity contribution in [2.45, 2.75) is 23.1 Å². The molecule has 0 fully saturated rings. The van der Waals surface area contributed by atoms with Crippen molar-refractivity contribution >= 4 is 11.8 Å². The number of aromatic hydroxyl groups is 1. The number of nitriles is 1. The van der Waals surface area contributed by atoms with E-state index in [1.54, 1.807) is 18.2 Å². The predicted molar refractivity (Wildman–Crippen MR) is 72.8 cm³/mol. The maximum Gasteiger partial charge on any atom is 0.129 e. The molecule has 0 radical (unpaired) electrons. The smallest absolute Gasteiger partial charge is 0.129 e. The molecule has 0 saturated carbocycles. The number of aryl methyl sites for hydroxylation is 1. The van der Waals surface area contributed by atoms with Crippen LogP contribution in [0.4, 0.5) is 0 Å². The maximum absolute atomic E-state index is 9.91. The van der Waals surface area contributed by atoms with Crippen molar-refractivity contribution in [3.8, 4) is 11.8 Å². The Hall–Kier alpha value is -1.92. The van der Waals surface area contributed by atoms with Crippen molar-refractivity contribution in [2.75, 3.05) is 0 Å². The van der Waals surface area contributed by atoms with Gasteiger partial charge in [0.15, 0.2) is 0 Å². The summed E-state index contributed by atoms with van der Waals surface area (Å²) in [6, 6.07) is 15.2. The molecule has 0 heterocycles. The van der Waals surface area contributed by atoms with E-state index < -0.39 is 0 Å². The fraction of sp³-hybridized carbons (Fsp3) is 0.133. The van der Waals surface area contributed by atoms with Crippen LogP contribution < -0.4 is 0 Å². The van der Waals surface area contributed by atoms with E-state index in [0.717, 1.165) is 21.8 Å². The zero-order valence-electron chi connectivity index (χ0n) is 10.1. The lowest BCUT2D eigenvalue weighted by Gasteiger charge is -2.06. The highest BCUT2D eigenvalue weighted by molar-refractivity contribution is 7.99. The molecule has 3 heteroatoms. The minimum Gasteiger partial charge on any atom is -0.507 e. The largest absolute Gasteiger partial charge is 0.507 e. The van der Waals surface area contributed by atoms with Gasteiger partial charge in [0, 0.05) is 4.90 Å². The summed E-state index contributed by atoms with van der Waals surface area (Å²) in [5.74, 6) is 0.309. The number of hydrogen-bond donors (Lipinski definition) is 1. The van der Waals surface area contributed by atoms with Gasteiger partial charge in [-0.3, -0.25) is 0 Å². The molecule has 2 aromatic carbocycles. The third-order valence-electron chi connectivity index (χ3n) is 2.64. The van der Waals surface area contributed by atoms with E-state index in [1.807, 2.05) is 24.3 Å². The number of hydrogen-bond acceptors (Lipinski definition) is 3. The third-order valence-corrected chi connectivity index (χ3v) is 3.72. The van der Waals surface area contributed by atoms with Gasteiger partial charge in [0.05, 0.1) is 16.5 Å². The van der Waals surface area contributed by atoms with Crippen molar-refractivity contribution in [3.63, 3.8) is 0 Å². The van der Waals surface area contributed by atoms with E-state index in [1.165, 1.54) is 11.8 Å². The molecular formula is C15H13NOS. The first-order valence-corrected chi connectivity index (χ1v) is 6.54. The first kappa shape index (κ1) is 12.5. The van der Waals surface area contributed by atoms with E-state index in [2.05, 4.69) is 13.0 Å². The Morgan fingerprint density at radius 1 is 1.17 bits per heavy atom. The highest BCUT2D eigenvalue weighted by Gasteiger charge is 2.04. The molecule has 90 valence electrons. The minimum absolute atomic E-state index is 0.309. The van der Waals surface area contributed by atoms with E-state index in [9.17, 15) is 5.11 Å². The Morgan fingerprint density at radius 2 is 1.89 bits per heavy atom. The monoisotopic (exact) mass is 255 g/mol. The summed E-state index contributed by atoms with van der Waals surface area (Å²) >= 11 is 1.49. The molecule has 18 heavy (non-hydrogen) atoms. The average Bonchev–Trinajstić information content (AvgIpc) is 2.42. The topological polar surface area (TPSA) is 44.0 Å². The Morgan fingerprint density at radius 3 is 2.44 bits per heavy atom. The Balaban J connectivity index is 2.20. The van der Waals surface area contributed by atoms with Gasteiger partial charge in [-0.05, 0) is 48.4 Å². The molecule has 2 aromatic rings. The van der Waals surface area contributed by atoms with Crippen LogP contribution >= 0.6 is 11.8 Å². The van der Waals surface area contributed by atoms with Gasteiger partial charge in [-0.2, -0.15) is 5.26 Å². The molecule has 0 bridgehead atoms. The summed E-state index contributed by atoms with van der Waals surface area (Å²) in [7, 11) is 0. The molecule has 1 N–H and O–H groups in total. The Bertz CT molecular complexity index is 584. The first-order valence-electron chi connectivity index (χ1n) is 5.73. The lowest BCUT2D eigenvalue weighted by molar-refractivity contribution is 0.461. The Labute approximate surface area is 111 Å². The zero-order valence-corrected chi connectivity index (χ0v) is 10.9. The summed E-state index contributed by atoms with van der Waals surface area (Å²) in [6.07, 6.45) is 0.912. The van der Waals surface area contributed by atoms with Gasteiger partial charge in [0.2, 0.25) is 0 Å². The molecule has 0 aliphatic rings. The van der Waals surface area contributed by atoms with Gasteiger partial charge < -0.3 is 5.11 Å². The average molecular weight is 255 g/mol. The number of rotatable bonds is 3. The molecule has 0 aromatic heterocycles. The fourth-order valence-electron chi connectivity index (χ4n) is 1.59. The van der Waals surface area contributed by atoms with Crippen LogP contribution in [0.15, 0.2) is 52.3 Å². The molecule has 0 spiro atoms. The van der Waals surface area contributed by atoms with Crippen LogP contribution in [0.3, 0.4) is 0 Å². The van der Waals surface area contributed by atoms with Crippen LogP contribution in [0.5, 0.6) is 5.75 Å². The lowest BCUT2D eigenvalue weighted by Crippen LogP contribution is -1.82. The van der Waals surface area contributed by atoms with Crippen molar-refractivity contribution in [3.05, 3.63) is 53.6 Å². The summed E-state index contributed by atoms with van der Waals surface area (Å²) in [5, 5.41) is 18.6. The molecule has 0 unspecified atom stereocenters. The number of phenolic OH excluding ortho intramolecular Hbond substituents is 1. The van der Waals surface area contributed by atoms with Gasteiger partial charge in [-0.25, -0.2) is 0 Å². The minimum atomic E-state index is 0.309. The molecule has 0 aliphatic carbocycles. The van der Waals surface area contributed by atoms with Crippen LogP contribution in [0, 0.1) is 11.3 Å². The normalized spacial score (nSPS) is 10.0. The van der Waals surface area contributed by atoms with Crippen molar-refractivity contribution in [2.24, 2.45) is 0 Å². The van der Waals surface area contributed by atoms with Crippen molar-refractivity contribution in [1.82, 2.24) is 0 Å². The number of phenols is 1. The highest BCUT2D eigenvalue weighted by Crippen LogP contribution is 2.34. The lowest BCUT2D eigenvalue weighted by atomic mass is 10.2. The van der Waals surface area contributed by atoms with Crippen molar-refractivity contribution < 1.29 is 5.11 Å². The Kier molecular flexibility index (Phi) is 3.91. The van der Waals surface area contributed by atoms with Crippen LogP contribution in [0.25, 0.3) is 0 Å². The van der Waals surface area contributed by atoms with E-state index in [0.29, 0.717) is 11.3 Å². The maximum atomic E-state index is 9.91. The van der Waals surface area contributed by atoms with Gasteiger partial charge in [-0.1, -0.05) is 24.8 Å². The molecule has 2 nitrogen and oxygen atoms in total. The SMILES string of the molecule is CCc1ccc(Sc2ccc(C#N)cc2)c(O)c1.